The highest BCUT2D eigenvalue weighted by molar-refractivity contribution is 7.90. The minimum Gasteiger partial charge on any atom is -0.316 e. The van der Waals surface area contributed by atoms with Crippen LogP contribution < -0.4 is 5.32 Å². The zero-order valence-corrected chi connectivity index (χ0v) is 17.5. The summed E-state index contributed by atoms with van der Waals surface area (Å²) in [5.41, 5.74) is 4.73. The molecule has 6 nitrogen and oxygen atoms in total. The average Bonchev–Trinajstić information content (AvgIpc) is 3.16. The van der Waals surface area contributed by atoms with Crippen molar-refractivity contribution >= 4 is 10.0 Å². The summed E-state index contributed by atoms with van der Waals surface area (Å²) >= 11 is 0. The number of benzene rings is 1. The number of hydrogen-bond donors (Lipinski definition) is 1. The normalized spacial score (nSPS) is 12.9. The predicted octanol–water partition coefficient (Wildman–Crippen LogP) is 3.33. The highest BCUT2D eigenvalue weighted by Gasteiger charge is 2.32. The summed E-state index contributed by atoms with van der Waals surface area (Å²) in [5, 5.41) is 6.53. The van der Waals surface area contributed by atoms with E-state index in [1.807, 2.05) is 51.2 Å². The molecular weight excluding hydrogens is 372 g/mol. The Hall–Kier alpha value is -2.64. The zero-order valence-electron chi connectivity index (χ0n) is 16.7. The maximum absolute atomic E-state index is 13.7. The first kappa shape index (κ1) is 20.1. The van der Waals surface area contributed by atoms with Crippen LogP contribution in [0.5, 0.6) is 0 Å². The van der Waals surface area contributed by atoms with Gasteiger partial charge in [-0.15, -0.1) is 6.58 Å². The minimum absolute atomic E-state index is 0.582. The Morgan fingerprint density at radius 3 is 2.43 bits per heavy atom. The van der Waals surface area contributed by atoms with E-state index in [0.717, 1.165) is 16.7 Å². The first-order valence-corrected chi connectivity index (χ1v) is 10.6. The van der Waals surface area contributed by atoms with E-state index in [1.165, 1.54) is 10.0 Å². The van der Waals surface area contributed by atoms with Gasteiger partial charge in [0.2, 0.25) is 10.0 Å². The van der Waals surface area contributed by atoms with Crippen molar-refractivity contribution in [1.82, 2.24) is 19.1 Å². The molecule has 1 N–H and O–H groups in total. The largest absolute Gasteiger partial charge is 0.316 e. The van der Waals surface area contributed by atoms with Crippen LogP contribution in [0.1, 0.15) is 27.6 Å². The van der Waals surface area contributed by atoms with E-state index in [-0.39, 0.29) is 0 Å². The number of hydrogen-bond acceptors (Lipinski definition) is 4. The predicted molar refractivity (Wildman–Crippen MR) is 113 cm³/mol. The molecule has 1 aromatic carbocycles. The molecule has 3 aromatic rings. The van der Waals surface area contributed by atoms with E-state index in [2.05, 4.69) is 17.0 Å². The van der Waals surface area contributed by atoms with E-state index in [4.69, 9.17) is 0 Å². The lowest BCUT2D eigenvalue weighted by atomic mass is 10.1. The second-order valence-electron chi connectivity index (χ2n) is 6.86. The second-order valence-corrected chi connectivity index (χ2v) is 8.80. The van der Waals surface area contributed by atoms with Gasteiger partial charge in [-0.1, -0.05) is 36.4 Å². The Morgan fingerprint density at radius 1 is 1.21 bits per heavy atom. The number of aromatic nitrogens is 3. The highest BCUT2D eigenvalue weighted by atomic mass is 32.2. The Kier molecular flexibility index (Phi) is 5.58. The molecule has 0 aliphatic carbocycles. The van der Waals surface area contributed by atoms with Crippen LogP contribution in [0.2, 0.25) is 0 Å². The van der Waals surface area contributed by atoms with Gasteiger partial charge in [-0.05, 0) is 37.6 Å². The minimum atomic E-state index is -3.79. The molecule has 148 valence electrons. The van der Waals surface area contributed by atoms with Crippen LogP contribution >= 0.6 is 0 Å². The fourth-order valence-electron chi connectivity index (χ4n) is 3.56. The summed E-state index contributed by atoms with van der Waals surface area (Å²) in [6, 6.07) is 9.59. The van der Waals surface area contributed by atoms with Crippen molar-refractivity contribution in [3.8, 4) is 11.3 Å². The first-order chi connectivity index (χ1) is 13.3. The maximum Gasteiger partial charge on any atom is 0.249 e. The monoisotopic (exact) mass is 398 g/mol. The van der Waals surface area contributed by atoms with Gasteiger partial charge in [-0.2, -0.15) is 5.10 Å². The third-order valence-corrected chi connectivity index (χ3v) is 6.84. The summed E-state index contributed by atoms with van der Waals surface area (Å²) < 4.78 is 30.5. The van der Waals surface area contributed by atoms with Crippen LogP contribution in [0.3, 0.4) is 0 Å². The van der Waals surface area contributed by atoms with E-state index >= 15 is 0 Å². The van der Waals surface area contributed by atoms with Gasteiger partial charge in [0.1, 0.15) is 5.25 Å². The van der Waals surface area contributed by atoms with Gasteiger partial charge in [-0.25, -0.2) is 12.4 Å². The van der Waals surface area contributed by atoms with Crippen LogP contribution in [0, 0.1) is 13.8 Å². The van der Waals surface area contributed by atoms with Gasteiger partial charge < -0.3 is 5.32 Å². The molecule has 0 saturated heterocycles. The summed E-state index contributed by atoms with van der Waals surface area (Å²) in [7, 11) is -0.167. The molecular formula is C21H26N4O2S. The fraction of sp³-hybridized carbons (Fsp3) is 0.286. The Labute approximate surface area is 166 Å². The van der Waals surface area contributed by atoms with Crippen LogP contribution in [-0.4, -0.2) is 29.2 Å². The van der Waals surface area contributed by atoms with Crippen molar-refractivity contribution in [2.75, 3.05) is 7.05 Å². The molecule has 0 spiro atoms. The standard InChI is InChI=1S/C21H26N4O2S/c1-6-20(19-14-24(5)23-16(19)3)28(26,27)25-13-18(12-22-4)15(2)21(25)17-10-8-7-9-11-17/h6-11,13-14,20,22H,1,12H2,2-5H3. The first-order valence-electron chi connectivity index (χ1n) is 9.09. The van der Waals surface area contributed by atoms with Crippen LogP contribution in [0.15, 0.2) is 55.4 Å². The van der Waals surface area contributed by atoms with Crippen molar-refractivity contribution in [1.29, 1.82) is 0 Å². The van der Waals surface area contributed by atoms with E-state index in [1.54, 1.807) is 24.1 Å². The molecule has 0 radical (unpaired) electrons. The third kappa shape index (κ3) is 3.43. The van der Waals surface area contributed by atoms with Crippen molar-refractivity contribution < 1.29 is 8.42 Å². The quantitative estimate of drug-likeness (QED) is 0.620. The van der Waals surface area contributed by atoms with Crippen LogP contribution in [0.4, 0.5) is 0 Å². The van der Waals surface area contributed by atoms with Gasteiger partial charge in [0.05, 0.1) is 11.4 Å². The molecule has 0 aliphatic heterocycles. The van der Waals surface area contributed by atoms with E-state index in [9.17, 15) is 8.42 Å². The molecule has 7 heteroatoms. The topological polar surface area (TPSA) is 68.9 Å². The summed E-state index contributed by atoms with van der Waals surface area (Å²) in [6.45, 7) is 8.16. The van der Waals surface area contributed by atoms with E-state index < -0.39 is 15.3 Å². The Bertz CT molecular complexity index is 1100. The highest BCUT2D eigenvalue weighted by Crippen LogP contribution is 2.35. The van der Waals surface area contributed by atoms with Crippen molar-refractivity contribution in [2.24, 2.45) is 7.05 Å². The summed E-state index contributed by atoms with van der Waals surface area (Å²) in [6.07, 6.45) is 4.93. The smallest absolute Gasteiger partial charge is 0.249 e. The molecule has 0 amide bonds. The number of aryl methyl sites for hydroxylation is 2. The molecule has 2 heterocycles. The second kappa shape index (κ2) is 7.77. The third-order valence-electron chi connectivity index (χ3n) is 4.91. The maximum atomic E-state index is 13.7. The molecule has 3 rings (SSSR count). The van der Waals surface area contributed by atoms with Gasteiger partial charge in [0, 0.05) is 31.5 Å². The fourth-order valence-corrected chi connectivity index (χ4v) is 5.37. The van der Waals surface area contributed by atoms with E-state index in [0.29, 0.717) is 23.5 Å². The van der Waals surface area contributed by atoms with Gasteiger partial charge in [0.25, 0.3) is 0 Å². The molecule has 0 bridgehead atoms. The molecule has 0 fully saturated rings. The van der Waals surface area contributed by atoms with Crippen molar-refractivity contribution in [3.05, 3.63) is 77.8 Å². The molecule has 28 heavy (non-hydrogen) atoms. The number of rotatable bonds is 7. The zero-order chi connectivity index (χ0) is 20.5. The lowest BCUT2D eigenvalue weighted by Gasteiger charge is -2.17. The van der Waals surface area contributed by atoms with Crippen LogP contribution in [-0.2, 0) is 23.6 Å². The Morgan fingerprint density at radius 2 is 1.89 bits per heavy atom. The SMILES string of the molecule is C=CC(c1cn(C)nc1C)S(=O)(=O)n1cc(CNC)c(C)c1-c1ccccc1. The van der Waals surface area contributed by atoms with Crippen molar-refractivity contribution in [2.45, 2.75) is 25.6 Å². The summed E-state index contributed by atoms with van der Waals surface area (Å²) in [5.74, 6) is 0. The van der Waals surface area contributed by atoms with Crippen LogP contribution in [0.25, 0.3) is 11.3 Å². The van der Waals surface area contributed by atoms with Gasteiger partial charge in [0.15, 0.2) is 0 Å². The lowest BCUT2D eigenvalue weighted by molar-refractivity contribution is 0.581. The van der Waals surface area contributed by atoms with Crippen molar-refractivity contribution in [3.63, 3.8) is 0 Å². The van der Waals surface area contributed by atoms with Gasteiger partial charge in [-0.3, -0.25) is 4.68 Å². The lowest BCUT2D eigenvalue weighted by Crippen LogP contribution is -2.20. The Balaban J connectivity index is 2.25. The number of nitrogens with zero attached hydrogens (tertiary/aromatic N) is 3. The molecule has 1 unspecified atom stereocenters. The molecule has 0 saturated carbocycles. The molecule has 1 atom stereocenters. The number of nitrogens with one attached hydrogen (secondary N) is 1. The average molecular weight is 399 g/mol. The molecule has 2 aromatic heterocycles. The molecule has 0 aliphatic rings. The van der Waals surface area contributed by atoms with Gasteiger partial charge >= 0.3 is 0 Å². The summed E-state index contributed by atoms with van der Waals surface area (Å²) in [4.78, 5) is 0.